The Morgan fingerprint density at radius 3 is 2.79 bits per heavy atom. The molecular weight excluding hydrogens is 366 g/mol. The van der Waals surface area contributed by atoms with Crippen LogP contribution < -0.4 is 10.1 Å². The first-order valence-corrected chi connectivity index (χ1v) is 10.7. The second-order valence-corrected chi connectivity index (χ2v) is 8.66. The fourth-order valence-electron chi connectivity index (χ4n) is 4.48. The average molecular weight is 390 g/mol. The predicted molar refractivity (Wildman–Crippen MR) is 113 cm³/mol. The molecule has 142 valence electrons. The molecule has 1 heterocycles. The second-order valence-electron chi connectivity index (χ2n) is 7.61. The van der Waals surface area contributed by atoms with Gasteiger partial charge in [-0.05, 0) is 84.2 Å². The zero-order valence-corrected chi connectivity index (χ0v) is 16.8. The fraction of sp³-hybridized carbons (Fsp3) is 0.292. The molecule has 0 radical (unpaired) electrons. The Kier molecular flexibility index (Phi) is 4.44. The summed E-state index contributed by atoms with van der Waals surface area (Å²) in [6, 6.07) is 17.0. The zero-order valence-electron chi connectivity index (χ0n) is 16.0. The van der Waals surface area contributed by atoms with Gasteiger partial charge < -0.3 is 10.1 Å². The molecule has 1 amide bonds. The van der Waals surface area contributed by atoms with Crippen molar-refractivity contribution in [2.45, 2.75) is 38.1 Å². The number of fused-ring (bicyclic) bond motifs is 4. The lowest BCUT2D eigenvalue weighted by atomic mass is 9.87. The molecule has 1 N–H and O–H groups in total. The smallest absolute Gasteiger partial charge is 0.261 e. The van der Waals surface area contributed by atoms with Crippen molar-refractivity contribution in [1.82, 2.24) is 5.32 Å². The van der Waals surface area contributed by atoms with E-state index >= 15 is 0 Å². The molecule has 0 fully saturated rings. The van der Waals surface area contributed by atoms with Crippen LogP contribution in [0.25, 0.3) is 10.4 Å². The number of methoxy groups -OCH3 is 1. The van der Waals surface area contributed by atoms with Crippen LogP contribution in [-0.4, -0.2) is 13.0 Å². The SMILES string of the molecule is COc1ccc2c(c1)CCc1cc(C(=O)N[C@H]3CCCc4ccccc43)sc1-2. The highest BCUT2D eigenvalue weighted by atomic mass is 32.1. The largest absolute Gasteiger partial charge is 0.497 e. The van der Waals surface area contributed by atoms with E-state index in [1.54, 1.807) is 18.4 Å². The van der Waals surface area contributed by atoms with Crippen molar-refractivity contribution in [3.8, 4) is 16.2 Å². The summed E-state index contributed by atoms with van der Waals surface area (Å²) in [4.78, 5) is 15.1. The molecule has 28 heavy (non-hydrogen) atoms. The van der Waals surface area contributed by atoms with Crippen molar-refractivity contribution in [2.75, 3.05) is 7.11 Å². The summed E-state index contributed by atoms with van der Waals surface area (Å²) in [5, 5.41) is 3.29. The van der Waals surface area contributed by atoms with Crippen molar-refractivity contribution in [3.05, 3.63) is 75.7 Å². The Hall–Kier alpha value is -2.59. The molecule has 0 unspecified atom stereocenters. The first kappa shape index (κ1) is 17.5. The van der Waals surface area contributed by atoms with Gasteiger partial charge in [-0.25, -0.2) is 0 Å². The van der Waals surface area contributed by atoms with E-state index in [9.17, 15) is 4.79 Å². The van der Waals surface area contributed by atoms with Crippen LogP contribution in [0.1, 0.15) is 50.8 Å². The number of amides is 1. The molecule has 5 rings (SSSR count). The van der Waals surface area contributed by atoms with Crippen molar-refractivity contribution >= 4 is 17.2 Å². The zero-order chi connectivity index (χ0) is 19.1. The van der Waals surface area contributed by atoms with Gasteiger partial charge in [0.25, 0.3) is 5.91 Å². The van der Waals surface area contributed by atoms with Crippen LogP contribution in [0.4, 0.5) is 0 Å². The minimum absolute atomic E-state index is 0.0520. The van der Waals surface area contributed by atoms with Crippen LogP contribution in [0.2, 0.25) is 0 Å². The number of carbonyl (C=O) groups excluding carboxylic acids is 1. The van der Waals surface area contributed by atoms with Gasteiger partial charge in [0, 0.05) is 4.88 Å². The van der Waals surface area contributed by atoms with Gasteiger partial charge in [-0.15, -0.1) is 11.3 Å². The Morgan fingerprint density at radius 2 is 1.89 bits per heavy atom. The van der Waals surface area contributed by atoms with Gasteiger partial charge in [0.15, 0.2) is 0 Å². The first-order chi connectivity index (χ1) is 13.7. The third kappa shape index (κ3) is 3.02. The number of rotatable bonds is 3. The van der Waals surface area contributed by atoms with Crippen LogP contribution in [0.3, 0.4) is 0 Å². The van der Waals surface area contributed by atoms with Crippen molar-refractivity contribution in [2.24, 2.45) is 0 Å². The molecule has 4 heteroatoms. The van der Waals surface area contributed by atoms with E-state index in [2.05, 4.69) is 47.8 Å². The Balaban J connectivity index is 1.41. The minimum Gasteiger partial charge on any atom is -0.497 e. The van der Waals surface area contributed by atoms with E-state index in [0.29, 0.717) is 0 Å². The quantitative estimate of drug-likeness (QED) is 0.657. The monoisotopic (exact) mass is 389 g/mol. The summed E-state index contributed by atoms with van der Waals surface area (Å²) < 4.78 is 5.36. The Labute approximate surface area is 169 Å². The summed E-state index contributed by atoms with van der Waals surface area (Å²) in [5.74, 6) is 0.948. The van der Waals surface area contributed by atoms with Crippen LogP contribution in [0.5, 0.6) is 5.75 Å². The second kappa shape index (κ2) is 7.10. The molecule has 2 aliphatic rings. The molecule has 2 aliphatic carbocycles. The molecule has 0 saturated carbocycles. The number of carbonyl (C=O) groups is 1. The van der Waals surface area contributed by atoms with Gasteiger partial charge in [-0.2, -0.15) is 0 Å². The number of thiophene rings is 1. The van der Waals surface area contributed by atoms with Gasteiger partial charge in [-0.3, -0.25) is 4.79 Å². The van der Waals surface area contributed by atoms with E-state index in [4.69, 9.17) is 4.74 Å². The third-order valence-corrected chi connectivity index (χ3v) is 7.14. The molecule has 1 atom stereocenters. The number of nitrogens with one attached hydrogen (secondary N) is 1. The predicted octanol–water partition coefficient (Wildman–Crippen LogP) is 5.33. The first-order valence-electron chi connectivity index (χ1n) is 9.91. The van der Waals surface area contributed by atoms with Crippen LogP contribution >= 0.6 is 11.3 Å². The number of benzene rings is 2. The number of hydrogen-bond acceptors (Lipinski definition) is 3. The van der Waals surface area contributed by atoms with Crippen molar-refractivity contribution in [1.29, 1.82) is 0 Å². The topological polar surface area (TPSA) is 38.3 Å². The standard InChI is InChI=1S/C24H23NO2S/c1-27-18-11-12-20-16(13-18)9-10-17-14-22(28-23(17)20)24(26)25-21-8-4-6-15-5-2-3-7-19(15)21/h2-3,5,7,11-14,21H,4,6,8-10H2,1H3,(H,25,26)/t21-/m0/s1. The molecule has 1 aromatic heterocycles. The van der Waals surface area contributed by atoms with Crippen LogP contribution in [0, 0.1) is 0 Å². The molecule has 2 aromatic carbocycles. The molecule has 0 bridgehead atoms. The minimum atomic E-state index is 0.0520. The molecule has 0 aliphatic heterocycles. The van der Waals surface area contributed by atoms with Crippen molar-refractivity contribution < 1.29 is 9.53 Å². The van der Waals surface area contributed by atoms with E-state index in [0.717, 1.165) is 42.7 Å². The lowest BCUT2D eigenvalue weighted by molar-refractivity contribution is 0.0937. The van der Waals surface area contributed by atoms with Gasteiger partial charge >= 0.3 is 0 Å². The fourth-order valence-corrected chi connectivity index (χ4v) is 5.66. The van der Waals surface area contributed by atoms with Crippen molar-refractivity contribution in [3.63, 3.8) is 0 Å². The van der Waals surface area contributed by atoms with Gasteiger partial charge in [0.05, 0.1) is 18.0 Å². The highest BCUT2D eigenvalue weighted by molar-refractivity contribution is 7.17. The maximum absolute atomic E-state index is 13.0. The Bertz CT molecular complexity index is 1050. The lowest BCUT2D eigenvalue weighted by Crippen LogP contribution is -2.30. The normalized spacial score (nSPS) is 17.2. The summed E-state index contributed by atoms with van der Waals surface area (Å²) >= 11 is 1.62. The summed E-state index contributed by atoms with van der Waals surface area (Å²) in [6.07, 6.45) is 5.21. The van der Waals surface area contributed by atoms with Crippen LogP contribution in [0.15, 0.2) is 48.5 Å². The number of ether oxygens (including phenoxy) is 1. The molecule has 0 spiro atoms. The maximum atomic E-state index is 13.0. The van der Waals surface area contributed by atoms with E-state index in [-0.39, 0.29) is 11.9 Å². The molecule has 3 aromatic rings. The van der Waals surface area contributed by atoms with E-state index < -0.39 is 0 Å². The lowest BCUT2D eigenvalue weighted by Gasteiger charge is -2.26. The summed E-state index contributed by atoms with van der Waals surface area (Å²) in [5.41, 5.74) is 6.49. The number of hydrogen-bond donors (Lipinski definition) is 1. The molecular formula is C24H23NO2S. The Morgan fingerprint density at radius 1 is 1.04 bits per heavy atom. The molecule has 3 nitrogen and oxygen atoms in total. The van der Waals surface area contributed by atoms with Gasteiger partial charge in [0.2, 0.25) is 0 Å². The number of aryl methyl sites for hydroxylation is 3. The maximum Gasteiger partial charge on any atom is 0.261 e. The van der Waals surface area contributed by atoms with E-state index in [1.807, 2.05) is 6.07 Å². The summed E-state index contributed by atoms with van der Waals surface area (Å²) in [6.45, 7) is 0. The average Bonchev–Trinajstić information content (AvgIpc) is 3.18. The molecule has 0 saturated heterocycles. The highest BCUT2D eigenvalue weighted by Crippen LogP contribution is 2.41. The highest BCUT2D eigenvalue weighted by Gasteiger charge is 2.25. The van der Waals surface area contributed by atoms with Gasteiger partial charge in [0.1, 0.15) is 5.75 Å². The summed E-state index contributed by atoms with van der Waals surface area (Å²) in [7, 11) is 1.70. The van der Waals surface area contributed by atoms with E-state index in [1.165, 1.54) is 32.7 Å². The van der Waals surface area contributed by atoms with Gasteiger partial charge in [-0.1, -0.05) is 24.3 Å². The van der Waals surface area contributed by atoms with Crippen LogP contribution in [-0.2, 0) is 19.3 Å². The third-order valence-electron chi connectivity index (χ3n) is 5.93.